The zero-order valence-corrected chi connectivity index (χ0v) is 8.84. The van der Waals surface area contributed by atoms with Crippen molar-refractivity contribution in [2.75, 3.05) is 6.61 Å². The third-order valence-electron chi connectivity index (χ3n) is 2.00. The van der Waals surface area contributed by atoms with Gasteiger partial charge in [0.05, 0.1) is 6.61 Å². The summed E-state index contributed by atoms with van der Waals surface area (Å²) < 4.78 is 4.66. The van der Waals surface area contributed by atoms with Crippen LogP contribution in [0.3, 0.4) is 0 Å². The van der Waals surface area contributed by atoms with Crippen molar-refractivity contribution in [3.63, 3.8) is 0 Å². The van der Waals surface area contributed by atoms with Crippen LogP contribution in [0.2, 0.25) is 0 Å². The molecule has 17 heavy (non-hydrogen) atoms. The van der Waals surface area contributed by atoms with Gasteiger partial charge in [0.25, 0.3) is 0 Å². The van der Waals surface area contributed by atoms with Crippen molar-refractivity contribution in [1.29, 1.82) is 0 Å². The van der Waals surface area contributed by atoms with Gasteiger partial charge in [-0.25, -0.2) is 10.7 Å². The lowest BCUT2D eigenvalue weighted by Gasteiger charge is -2.38. The molecule has 1 aliphatic rings. The highest BCUT2D eigenvalue weighted by molar-refractivity contribution is 5.69. The third kappa shape index (κ3) is 4.79. The summed E-state index contributed by atoms with van der Waals surface area (Å²) in [4.78, 5) is 13.3. The standard InChI is InChI=1S/C6H13NO6.CH4N2O/c7-13-5-3(9)2(1-8)12-6(11)4(5)10;2-1(3)4/h2-6,8-11H,1,7H2;(H4,2,3,4)/t2-,3-,4-,5+,6?;/m1./s1. The van der Waals surface area contributed by atoms with E-state index in [1.54, 1.807) is 0 Å². The first kappa shape index (κ1) is 16.0. The maximum Gasteiger partial charge on any atom is 0.309 e. The fraction of sp³-hybridized carbons (Fsp3) is 0.857. The van der Waals surface area contributed by atoms with Gasteiger partial charge in [0.2, 0.25) is 0 Å². The van der Waals surface area contributed by atoms with Crippen LogP contribution >= 0.6 is 0 Å². The summed E-state index contributed by atoms with van der Waals surface area (Å²) in [5, 5.41) is 36.3. The Balaban J connectivity index is 0.000000557. The summed E-state index contributed by atoms with van der Waals surface area (Å²) in [5.41, 5.74) is 8.50. The highest BCUT2D eigenvalue weighted by Crippen LogP contribution is 2.20. The van der Waals surface area contributed by atoms with Crippen molar-refractivity contribution in [2.45, 2.75) is 30.7 Å². The van der Waals surface area contributed by atoms with Crippen molar-refractivity contribution in [2.24, 2.45) is 17.4 Å². The molecule has 10 nitrogen and oxygen atoms in total. The minimum absolute atomic E-state index is 0.495. The largest absolute Gasteiger partial charge is 0.394 e. The Labute approximate surface area is 96.5 Å². The molecule has 5 atom stereocenters. The lowest BCUT2D eigenvalue weighted by atomic mass is 9.99. The topological polar surface area (TPSA) is 195 Å². The second-order valence-electron chi connectivity index (χ2n) is 3.23. The summed E-state index contributed by atoms with van der Waals surface area (Å²) in [5.74, 6) is 4.79. The molecule has 0 aromatic carbocycles. The second-order valence-corrected chi connectivity index (χ2v) is 3.23. The minimum atomic E-state index is -1.52. The molecule has 102 valence electrons. The van der Waals surface area contributed by atoms with Crippen LogP contribution in [0.5, 0.6) is 0 Å². The summed E-state index contributed by atoms with van der Waals surface area (Å²) in [7, 11) is 0. The quantitative estimate of drug-likeness (QED) is 0.240. The van der Waals surface area contributed by atoms with E-state index < -0.39 is 43.3 Å². The van der Waals surface area contributed by atoms with Crippen LogP contribution in [-0.4, -0.2) is 63.8 Å². The zero-order chi connectivity index (χ0) is 13.6. The Morgan fingerprint density at radius 2 is 1.71 bits per heavy atom. The van der Waals surface area contributed by atoms with Crippen molar-refractivity contribution >= 4 is 6.03 Å². The number of aliphatic hydroxyl groups excluding tert-OH is 4. The van der Waals surface area contributed by atoms with Crippen molar-refractivity contribution in [1.82, 2.24) is 0 Å². The van der Waals surface area contributed by atoms with Crippen LogP contribution in [0.4, 0.5) is 4.79 Å². The lowest BCUT2D eigenvalue weighted by molar-refractivity contribution is -0.295. The van der Waals surface area contributed by atoms with Crippen LogP contribution in [0, 0.1) is 0 Å². The number of ether oxygens (including phenoxy) is 1. The van der Waals surface area contributed by atoms with E-state index in [9.17, 15) is 10.2 Å². The Bertz CT molecular complexity index is 238. The first-order chi connectivity index (χ1) is 7.84. The van der Waals surface area contributed by atoms with Gasteiger partial charge in [0.1, 0.15) is 24.4 Å². The van der Waals surface area contributed by atoms with Crippen molar-refractivity contribution < 1.29 is 34.8 Å². The molecule has 1 saturated heterocycles. The van der Waals surface area contributed by atoms with Gasteiger partial charge in [-0.3, -0.25) is 4.84 Å². The molecule has 1 unspecified atom stereocenters. The number of aliphatic hydroxyl groups is 4. The number of urea groups is 1. The van der Waals surface area contributed by atoms with Gasteiger partial charge in [-0.15, -0.1) is 0 Å². The van der Waals surface area contributed by atoms with E-state index in [1.165, 1.54) is 0 Å². The summed E-state index contributed by atoms with van der Waals surface area (Å²) in [6.07, 6.45) is -6.39. The number of carbonyl (C=O) groups excluding carboxylic acids is 1. The van der Waals surface area contributed by atoms with Crippen LogP contribution in [0.1, 0.15) is 0 Å². The molecule has 1 fully saturated rings. The van der Waals surface area contributed by atoms with Gasteiger partial charge < -0.3 is 36.6 Å². The number of amides is 2. The van der Waals surface area contributed by atoms with Crippen LogP contribution in [0.15, 0.2) is 0 Å². The SMILES string of the molecule is NC(N)=O.NO[C@H]1[C@H](O)[C@@H](CO)OC(O)[C@@H]1O. The fourth-order valence-corrected chi connectivity index (χ4v) is 1.23. The van der Waals surface area contributed by atoms with E-state index in [0.717, 1.165) is 0 Å². The first-order valence-corrected chi connectivity index (χ1v) is 4.56. The van der Waals surface area contributed by atoms with Crippen LogP contribution in [-0.2, 0) is 9.57 Å². The molecule has 0 aromatic rings. The molecule has 2 amide bonds. The van der Waals surface area contributed by atoms with Gasteiger partial charge in [-0.05, 0) is 0 Å². The van der Waals surface area contributed by atoms with Gasteiger partial charge in [0, 0.05) is 0 Å². The Morgan fingerprint density at radius 3 is 2.06 bits per heavy atom. The maximum atomic E-state index is 9.36. The number of carbonyl (C=O) groups is 1. The van der Waals surface area contributed by atoms with Crippen molar-refractivity contribution in [3.8, 4) is 0 Å². The summed E-state index contributed by atoms with van der Waals surface area (Å²) in [6, 6.07) is -0.833. The number of nitrogens with two attached hydrogens (primary N) is 3. The molecule has 1 rings (SSSR count). The highest BCUT2D eigenvalue weighted by Gasteiger charge is 2.44. The van der Waals surface area contributed by atoms with E-state index in [1.807, 2.05) is 0 Å². The molecule has 0 spiro atoms. The van der Waals surface area contributed by atoms with Crippen LogP contribution < -0.4 is 17.4 Å². The minimum Gasteiger partial charge on any atom is -0.394 e. The molecule has 1 aliphatic heterocycles. The number of hydrogen-bond donors (Lipinski definition) is 7. The molecular weight excluding hydrogens is 238 g/mol. The molecule has 0 saturated carbocycles. The number of hydrogen-bond acceptors (Lipinski definition) is 8. The highest BCUT2D eigenvalue weighted by atomic mass is 16.7. The molecule has 0 aliphatic carbocycles. The first-order valence-electron chi connectivity index (χ1n) is 4.56. The van der Waals surface area contributed by atoms with E-state index in [-0.39, 0.29) is 0 Å². The molecule has 0 bridgehead atoms. The average Bonchev–Trinajstić information content (AvgIpc) is 2.23. The van der Waals surface area contributed by atoms with E-state index in [2.05, 4.69) is 21.0 Å². The summed E-state index contributed by atoms with van der Waals surface area (Å²) >= 11 is 0. The van der Waals surface area contributed by atoms with Gasteiger partial charge in [-0.1, -0.05) is 0 Å². The molecule has 0 aromatic heterocycles. The Kier molecular flexibility index (Phi) is 6.91. The Morgan fingerprint density at radius 1 is 1.24 bits per heavy atom. The van der Waals surface area contributed by atoms with Gasteiger partial charge in [0.15, 0.2) is 6.29 Å². The Hall–Kier alpha value is -1.01. The number of primary amides is 2. The predicted molar refractivity (Wildman–Crippen MR) is 52.8 cm³/mol. The summed E-state index contributed by atoms with van der Waals surface area (Å²) in [6.45, 7) is -0.495. The number of rotatable bonds is 2. The maximum absolute atomic E-state index is 9.36. The average molecular weight is 255 g/mol. The molecule has 0 radical (unpaired) electrons. The molecular formula is C7H17N3O7. The monoisotopic (exact) mass is 255 g/mol. The van der Waals surface area contributed by atoms with Gasteiger partial charge >= 0.3 is 6.03 Å². The molecule has 1 heterocycles. The lowest BCUT2D eigenvalue weighted by Crippen LogP contribution is -2.60. The molecule has 10 heteroatoms. The van der Waals surface area contributed by atoms with E-state index >= 15 is 0 Å². The molecule has 10 N–H and O–H groups in total. The van der Waals surface area contributed by atoms with Gasteiger partial charge in [-0.2, -0.15) is 0 Å². The smallest absolute Gasteiger partial charge is 0.309 e. The second kappa shape index (κ2) is 7.34. The van der Waals surface area contributed by atoms with E-state index in [0.29, 0.717) is 0 Å². The van der Waals surface area contributed by atoms with E-state index in [4.69, 9.17) is 20.9 Å². The zero-order valence-electron chi connectivity index (χ0n) is 8.84. The third-order valence-corrected chi connectivity index (χ3v) is 2.00. The van der Waals surface area contributed by atoms with Crippen LogP contribution in [0.25, 0.3) is 0 Å². The predicted octanol–water partition coefficient (Wildman–Crippen LogP) is -4.30. The normalized spacial score (nSPS) is 36.9. The van der Waals surface area contributed by atoms with Crippen molar-refractivity contribution in [3.05, 3.63) is 0 Å². The fourth-order valence-electron chi connectivity index (χ4n) is 1.23.